The van der Waals surface area contributed by atoms with Crippen LogP contribution >= 0.6 is 0 Å². The molecule has 3 fully saturated rings. The minimum Gasteiger partial charge on any atom is -0.396 e. The van der Waals surface area contributed by atoms with Crippen LogP contribution in [0.5, 0.6) is 0 Å². The molecule has 0 heterocycles. The van der Waals surface area contributed by atoms with Gasteiger partial charge in [0.05, 0.1) is 0 Å². The number of aliphatic hydroxyl groups is 1. The standard InChI is InChI=1S/C13H23NO/c1-14-13-11-6-10(12(13)7-15)8-4-2-3-5-9(8)11/h8-15H,2-7H2,1H3/t8-,9+,10+,11+,12+,13+/m0/s1. The zero-order valence-corrected chi connectivity index (χ0v) is 9.65. The van der Waals surface area contributed by atoms with Crippen molar-refractivity contribution in [3.8, 4) is 0 Å². The van der Waals surface area contributed by atoms with E-state index >= 15 is 0 Å². The van der Waals surface area contributed by atoms with Crippen LogP contribution in [0.15, 0.2) is 0 Å². The third-order valence-electron chi connectivity index (χ3n) is 5.54. The monoisotopic (exact) mass is 209 g/mol. The van der Waals surface area contributed by atoms with E-state index in [-0.39, 0.29) is 0 Å². The van der Waals surface area contributed by atoms with Crippen LogP contribution in [0.25, 0.3) is 0 Å². The molecule has 86 valence electrons. The second-order valence-corrected chi connectivity index (χ2v) is 5.84. The quantitative estimate of drug-likeness (QED) is 0.724. The van der Waals surface area contributed by atoms with Crippen molar-refractivity contribution in [2.45, 2.75) is 38.1 Å². The number of aliphatic hydroxyl groups excluding tert-OH is 1. The first-order chi connectivity index (χ1) is 7.36. The molecule has 0 amide bonds. The second-order valence-electron chi connectivity index (χ2n) is 5.84. The highest BCUT2D eigenvalue weighted by Crippen LogP contribution is 2.59. The number of hydrogen-bond acceptors (Lipinski definition) is 2. The van der Waals surface area contributed by atoms with Gasteiger partial charge in [0.1, 0.15) is 0 Å². The Kier molecular flexibility index (Phi) is 2.52. The lowest BCUT2D eigenvalue weighted by Gasteiger charge is -2.43. The first-order valence-electron chi connectivity index (χ1n) is 6.65. The molecule has 0 spiro atoms. The number of fused-ring (bicyclic) bond motifs is 5. The van der Waals surface area contributed by atoms with E-state index in [9.17, 15) is 5.11 Å². The van der Waals surface area contributed by atoms with Crippen molar-refractivity contribution in [1.29, 1.82) is 0 Å². The number of rotatable bonds is 2. The summed E-state index contributed by atoms with van der Waals surface area (Å²) in [5, 5.41) is 13.0. The molecule has 15 heavy (non-hydrogen) atoms. The summed E-state index contributed by atoms with van der Waals surface area (Å²) < 4.78 is 0. The largest absolute Gasteiger partial charge is 0.396 e. The van der Waals surface area contributed by atoms with Crippen LogP contribution < -0.4 is 5.32 Å². The van der Waals surface area contributed by atoms with Crippen LogP contribution in [-0.2, 0) is 0 Å². The average molecular weight is 209 g/mol. The average Bonchev–Trinajstić information content (AvgIpc) is 2.84. The maximum Gasteiger partial charge on any atom is 0.0477 e. The summed E-state index contributed by atoms with van der Waals surface area (Å²) in [4.78, 5) is 0. The molecular weight excluding hydrogens is 186 g/mol. The van der Waals surface area contributed by atoms with Crippen LogP contribution in [0.3, 0.4) is 0 Å². The van der Waals surface area contributed by atoms with Gasteiger partial charge in [-0.3, -0.25) is 0 Å². The van der Waals surface area contributed by atoms with Gasteiger partial charge in [0.15, 0.2) is 0 Å². The highest BCUT2D eigenvalue weighted by Gasteiger charge is 2.56. The third-order valence-corrected chi connectivity index (χ3v) is 5.54. The molecule has 0 aliphatic heterocycles. The Morgan fingerprint density at radius 1 is 1.07 bits per heavy atom. The van der Waals surface area contributed by atoms with E-state index in [0.717, 1.165) is 23.7 Å². The molecule has 2 nitrogen and oxygen atoms in total. The van der Waals surface area contributed by atoms with Gasteiger partial charge in [0.25, 0.3) is 0 Å². The van der Waals surface area contributed by atoms with E-state index in [4.69, 9.17) is 0 Å². The van der Waals surface area contributed by atoms with Crippen LogP contribution in [-0.4, -0.2) is 24.8 Å². The summed E-state index contributed by atoms with van der Waals surface area (Å²) >= 11 is 0. The van der Waals surface area contributed by atoms with Crippen molar-refractivity contribution >= 4 is 0 Å². The van der Waals surface area contributed by atoms with Gasteiger partial charge in [-0.1, -0.05) is 12.8 Å². The predicted molar refractivity (Wildman–Crippen MR) is 60.5 cm³/mol. The lowest BCUT2D eigenvalue weighted by Crippen LogP contribution is -2.47. The molecule has 0 aromatic rings. The van der Waals surface area contributed by atoms with Gasteiger partial charge in [-0.15, -0.1) is 0 Å². The van der Waals surface area contributed by atoms with Gasteiger partial charge in [0.2, 0.25) is 0 Å². The SMILES string of the molecule is CN[C@H]1[C@H](CO)[C@@H]2C[C@@H]1[C@@H]1CCCC[C@H]21. The molecule has 0 aromatic heterocycles. The zero-order valence-electron chi connectivity index (χ0n) is 9.65. The van der Waals surface area contributed by atoms with Gasteiger partial charge in [-0.05, 0) is 50.0 Å². The Hall–Kier alpha value is -0.0800. The first kappa shape index (κ1) is 10.1. The van der Waals surface area contributed by atoms with E-state index in [0.29, 0.717) is 18.6 Å². The second kappa shape index (κ2) is 3.74. The van der Waals surface area contributed by atoms with Gasteiger partial charge < -0.3 is 10.4 Å². The molecule has 2 heteroatoms. The summed E-state index contributed by atoms with van der Waals surface area (Å²) in [6.07, 6.45) is 7.18. The topological polar surface area (TPSA) is 32.3 Å². The molecule has 6 atom stereocenters. The van der Waals surface area contributed by atoms with Gasteiger partial charge in [0, 0.05) is 18.6 Å². The van der Waals surface area contributed by atoms with E-state index < -0.39 is 0 Å². The van der Waals surface area contributed by atoms with Crippen molar-refractivity contribution < 1.29 is 5.11 Å². The maximum absolute atomic E-state index is 9.54. The Bertz CT molecular complexity index is 211. The van der Waals surface area contributed by atoms with Crippen molar-refractivity contribution in [3.05, 3.63) is 0 Å². The fourth-order valence-electron chi connectivity index (χ4n) is 5.08. The van der Waals surface area contributed by atoms with Crippen molar-refractivity contribution in [2.75, 3.05) is 13.7 Å². The predicted octanol–water partition coefficient (Wildman–Crippen LogP) is 1.64. The Labute approximate surface area is 92.4 Å². The fourth-order valence-corrected chi connectivity index (χ4v) is 5.08. The summed E-state index contributed by atoms with van der Waals surface area (Å²) in [5.74, 6) is 4.22. The van der Waals surface area contributed by atoms with E-state index in [1.54, 1.807) is 0 Å². The van der Waals surface area contributed by atoms with Crippen LogP contribution in [0, 0.1) is 29.6 Å². The van der Waals surface area contributed by atoms with E-state index in [1.165, 1.54) is 32.1 Å². The molecule has 3 aliphatic rings. The molecule has 3 saturated carbocycles. The molecule has 2 bridgehead atoms. The molecule has 2 N–H and O–H groups in total. The minimum atomic E-state index is 0.399. The summed E-state index contributed by atoms with van der Waals surface area (Å²) in [6.45, 7) is 0.399. The summed E-state index contributed by atoms with van der Waals surface area (Å²) in [6, 6.07) is 0.611. The molecular formula is C13H23NO. The van der Waals surface area contributed by atoms with Gasteiger partial charge in [-0.2, -0.15) is 0 Å². The lowest BCUT2D eigenvalue weighted by atomic mass is 9.66. The van der Waals surface area contributed by atoms with Crippen molar-refractivity contribution in [3.63, 3.8) is 0 Å². The van der Waals surface area contributed by atoms with Crippen LogP contribution in [0.4, 0.5) is 0 Å². The van der Waals surface area contributed by atoms with Crippen molar-refractivity contribution in [2.24, 2.45) is 29.6 Å². The Balaban J connectivity index is 1.83. The lowest BCUT2D eigenvalue weighted by molar-refractivity contribution is 0.0526. The highest BCUT2D eigenvalue weighted by molar-refractivity contribution is 5.08. The molecule has 0 unspecified atom stereocenters. The minimum absolute atomic E-state index is 0.399. The van der Waals surface area contributed by atoms with Crippen LogP contribution in [0.1, 0.15) is 32.1 Å². The highest BCUT2D eigenvalue weighted by atomic mass is 16.3. The summed E-state index contributed by atoms with van der Waals surface area (Å²) in [5.41, 5.74) is 0. The first-order valence-corrected chi connectivity index (χ1v) is 6.65. The molecule has 0 aromatic carbocycles. The molecule has 3 rings (SSSR count). The zero-order chi connectivity index (χ0) is 10.4. The van der Waals surface area contributed by atoms with E-state index in [2.05, 4.69) is 12.4 Å². The smallest absolute Gasteiger partial charge is 0.0477 e. The Morgan fingerprint density at radius 3 is 2.33 bits per heavy atom. The normalized spacial score (nSPS) is 53.2. The summed E-state index contributed by atoms with van der Waals surface area (Å²) in [7, 11) is 2.08. The number of hydrogen-bond donors (Lipinski definition) is 2. The number of nitrogens with one attached hydrogen (secondary N) is 1. The molecule has 0 radical (unpaired) electrons. The molecule has 3 aliphatic carbocycles. The third kappa shape index (κ3) is 1.31. The van der Waals surface area contributed by atoms with Gasteiger partial charge in [-0.25, -0.2) is 0 Å². The van der Waals surface area contributed by atoms with E-state index in [1.807, 2.05) is 0 Å². The maximum atomic E-state index is 9.54. The Morgan fingerprint density at radius 2 is 1.73 bits per heavy atom. The van der Waals surface area contributed by atoms with Gasteiger partial charge >= 0.3 is 0 Å². The fraction of sp³-hybridized carbons (Fsp3) is 1.00. The van der Waals surface area contributed by atoms with Crippen molar-refractivity contribution in [1.82, 2.24) is 5.32 Å². The van der Waals surface area contributed by atoms with Crippen LogP contribution in [0.2, 0.25) is 0 Å². The molecule has 0 saturated heterocycles.